The first-order chi connectivity index (χ1) is 15.1. The number of benzene rings is 2. The quantitative estimate of drug-likeness (QED) is 0.247. The van der Waals surface area contributed by atoms with Crippen LogP contribution in [0.1, 0.15) is 11.7 Å². The van der Waals surface area contributed by atoms with Crippen molar-refractivity contribution in [3.05, 3.63) is 46.1 Å². The SMILES string of the molecule is O=c1c(C2OC(CO)C(O)C(O)C2O)c(-c2ccc(O)c(O)c2)oc2cc(O)cc(O)c12. The summed E-state index contributed by atoms with van der Waals surface area (Å²) in [4.78, 5) is 13.4. The van der Waals surface area contributed by atoms with Crippen molar-refractivity contribution in [2.24, 2.45) is 0 Å². The largest absolute Gasteiger partial charge is 0.508 e. The predicted octanol–water partition coefficient (Wildman–Crippen LogP) is -0.203. The third-order valence-electron chi connectivity index (χ3n) is 5.41. The number of ether oxygens (including phenoxy) is 1. The molecule has 8 N–H and O–H groups in total. The van der Waals surface area contributed by atoms with Crippen LogP contribution in [0.15, 0.2) is 39.5 Å². The molecule has 5 atom stereocenters. The van der Waals surface area contributed by atoms with Crippen molar-refractivity contribution in [1.82, 2.24) is 0 Å². The molecule has 1 fully saturated rings. The molecule has 0 spiro atoms. The lowest BCUT2D eigenvalue weighted by atomic mass is 9.89. The third kappa shape index (κ3) is 3.42. The van der Waals surface area contributed by atoms with Gasteiger partial charge in [-0.3, -0.25) is 4.79 Å². The first-order valence-corrected chi connectivity index (χ1v) is 9.49. The van der Waals surface area contributed by atoms with Crippen LogP contribution < -0.4 is 5.43 Å². The van der Waals surface area contributed by atoms with Gasteiger partial charge in [0.15, 0.2) is 11.5 Å². The molecule has 3 aromatic rings. The topological polar surface area (TPSA) is 201 Å². The number of phenolic OH excluding ortho intramolecular Hbond substituents is 4. The summed E-state index contributed by atoms with van der Waals surface area (Å²) in [6.07, 6.45) is -8.26. The minimum atomic E-state index is -1.84. The molecule has 11 heteroatoms. The van der Waals surface area contributed by atoms with Crippen LogP contribution in [0.2, 0.25) is 0 Å². The standard InChI is InChI=1S/C21H20O11/c22-6-13-16(27)18(29)19(30)21(32-13)15-17(28)14-11(26)4-8(23)5-12(14)31-20(15)7-1-2-9(24)10(25)3-7/h1-5,13,16,18-19,21-27,29-30H,6H2. The molecule has 1 aromatic heterocycles. The zero-order valence-corrected chi connectivity index (χ0v) is 16.3. The smallest absolute Gasteiger partial charge is 0.203 e. The Balaban J connectivity index is 2.04. The monoisotopic (exact) mass is 448 g/mol. The van der Waals surface area contributed by atoms with Crippen LogP contribution in [-0.4, -0.2) is 71.9 Å². The first kappa shape index (κ1) is 21.9. The highest BCUT2D eigenvalue weighted by atomic mass is 16.5. The van der Waals surface area contributed by atoms with Crippen molar-refractivity contribution in [3.8, 4) is 34.3 Å². The summed E-state index contributed by atoms with van der Waals surface area (Å²) >= 11 is 0. The van der Waals surface area contributed by atoms with Crippen LogP contribution in [0.3, 0.4) is 0 Å². The zero-order chi connectivity index (χ0) is 23.3. The van der Waals surface area contributed by atoms with Gasteiger partial charge in [0, 0.05) is 17.7 Å². The molecule has 4 rings (SSSR count). The van der Waals surface area contributed by atoms with Crippen LogP contribution in [0.25, 0.3) is 22.3 Å². The Morgan fingerprint density at radius 3 is 2.22 bits per heavy atom. The Morgan fingerprint density at radius 1 is 0.844 bits per heavy atom. The molecule has 2 aromatic carbocycles. The summed E-state index contributed by atoms with van der Waals surface area (Å²) in [5.74, 6) is -2.31. The Morgan fingerprint density at radius 2 is 1.56 bits per heavy atom. The summed E-state index contributed by atoms with van der Waals surface area (Å²) < 4.78 is 11.3. The molecule has 0 bridgehead atoms. The lowest BCUT2D eigenvalue weighted by molar-refractivity contribution is -0.232. The molecule has 32 heavy (non-hydrogen) atoms. The number of rotatable bonds is 3. The molecule has 0 aliphatic carbocycles. The van der Waals surface area contributed by atoms with Crippen LogP contribution in [0, 0.1) is 0 Å². The zero-order valence-electron chi connectivity index (χ0n) is 16.3. The van der Waals surface area contributed by atoms with E-state index in [-0.39, 0.29) is 27.9 Å². The minimum Gasteiger partial charge on any atom is -0.508 e. The number of fused-ring (bicyclic) bond motifs is 1. The Labute approximate surface area is 179 Å². The summed E-state index contributed by atoms with van der Waals surface area (Å²) in [5.41, 5.74) is -1.46. The fourth-order valence-corrected chi connectivity index (χ4v) is 3.78. The number of phenols is 4. The maximum absolute atomic E-state index is 13.4. The predicted molar refractivity (Wildman–Crippen MR) is 107 cm³/mol. The molecular formula is C21H20O11. The maximum Gasteiger partial charge on any atom is 0.203 e. The fourth-order valence-electron chi connectivity index (χ4n) is 3.78. The van der Waals surface area contributed by atoms with E-state index >= 15 is 0 Å². The third-order valence-corrected chi connectivity index (χ3v) is 5.41. The number of hydrogen-bond donors (Lipinski definition) is 8. The first-order valence-electron chi connectivity index (χ1n) is 9.49. The fraction of sp³-hybridized carbons (Fsp3) is 0.286. The van der Waals surface area contributed by atoms with Crippen molar-refractivity contribution in [2.75, 3.05) is 6.61 Å². The van der Waals surface area contributed by atoms with E-state index in [4.69, 9.17) is 9.15 Å². The van der Waals surface area contributed by atoms with E-state index < -0.39 is 65.6 Å². The summed E-state index contributed by atoms with van der Waals surface area (Å²) in [6.45, 7) is -0.741. The number of aromatic hydroxyl groups is 4. The normalized spacial score (nSPS) is 25.8. The maximum atomic E-state index is 13.4. The van der Waals surface area contributed by atoms with E-state index in [2.05, 4.69) is 0 Å². The molecule has 5 unspecified atom stereocenters. The van der Waals surface area contributed by atoms with E-state index in [0.29, 0.717) is 0 Å². The molecule has 1 saturated heterocycles. The average molecular weight is 448 g/mol. The van der Waals surface area contributed by atoms with Gasteiger partial charge in [-0.25, -0.2) is 0 Å². The van der Waals surface area contributed by atoms with Crippen molar-refractivity contribution in [3.63, 3.8) is 0 Å². The molecule has 1 aliphatic heterocycles. The molecule has 2 heterocycles. The van der Waals surface area contributed by atoms with Crippen LogP contribution in [0.5, 0.6) is 23.0 Å². The van der Waals surface area contributed by atoms with Crippen LogP contribution in [-0.2, 0) is 4.74 Å². The van der Waals surface area contributed by atoms with E-state index in [1.807, 2.05) is 0 Å². The van der Waals surface area contributed by atoms with Gasteiger partial charge >= 0.3 is 0 Å². The molecule has 0 saturated carbocycles. The van der Waals surface area contributed by atoms with Gasteiger partial charge in [0.1, 0.15) is 58.7 Å². The van der Waals surface area contributed by atoms with Gasteiger partial charge in [0.2, 0.25) is 5.43 Å². The molecule has 170 valence electrons. The van der Waals surface area contributed by atoms with E-state index in [9.17, 15) is 45.6 Å². The highest BCUT2D eigenvalue weighted by Crippen LogP contribution is 2.41. The lowest BCUT2D eigenvalue weighted by Gasteiger charge is -2.40. The Bertz CT molecular complexity index is 1230. The van der Waals surface area contributed by atoms with Gasteiger partial charge in [-0.15, -0.1) is 0 Å². The number of hydrogen-bond acceptors (Lipinski definition) is 11. The summed E-state index contributed by atoms with van der Waals surface area (Å²) in [6, 6.07) is 5.44. The van der Waals surface area contributed by atoms with Crippen molar-refractivity contribution in [1.29, 1.82) is 0 Å². The summed E-state index contributed by atoms with van der Waals surface area (Å²) in [5, 5.41) is 79.5. The lowest BCUT2D eigenvalue weighted by Crippen LogP contribution is -2.55. The van der Waals surface area contributed by atoms with E-state index in [1.54, 1.807) is 0 Å². The van der Waals surface area contributed by atoms with Gasteiger partial charge in [0.25, 0.3) is 0 Å². The molecular weight excluding hydrogens is 428 g/mol. The highest BCUT2D eigenvalue weighted by molar-refractivity contribution is 5.87. The van der Waals surface area contributed by atoms with Crippen LogP contribution >= 0.6 is 0 Å². The Hall–Kier alpha value is -3.35. The van der Waals surface area contributed by atoms with E-state index in [1.165, 1.54) is 6.07 Å². The molecule has 1 aliphatic rings. The van der Waals surface area contributed by atoms with Gasteiger partial charge < -0.3 is 50.0 Å². The van der Waals surface area contributed by atoms with Gasteiger partial charge in [-0.2, -0.15) is 0 Å². The minimum absolute atomic E-state index is 0.0501. The second-order valence-corrected chi connectivity index (χ2v) is 7.46. The molecule has 11 nitrogen and oxygen atoms in total. The second kappa shape index (κ2) is 7.97. The van der Waals surface area contributed by atoms with E-state index in [0.717, 1.165) is 24.3 Å². The number of aliphatic hydroxyl groups excluding tert-OH is 4. The highest BCUT2D eigenvalue weighted by Gasteiger charge is 2.46. The van der Waals surface area contributed by atoms with Crippen molar-refractivity contribution < 1.29 is 50.0 Å². The van der Waals surface area contributed by atoms with Gasteiger partial charge in [0.05, 0.1) is 12.2 Å². The second-order valence-electron chi connectivity index (χ2n) is 7.46. The van der Waals surface area contributed by atoms with Gasteiger partial charge in [-0.05, 0) is 18.2 Å². The average Bonchev–Trinajstić information content (AvgIpc) is 2.74. The molecule has 0 radical (unpaired) electrons. The van der Waals surface area contributed by atoms with Crippen molar-refractivity contribution in [2.45, 2.75) is 30.5 Å². The summed E-state index contributed by atoms with van der Waals surface area (Å²) in [7, 11) is 0. The Kier molecular flexibility index (Phi) is 5.44. The van der Waals surface area contributed by atoms with Crippen molar-refractivity contribution >= 4 is 11.0 Å². The number of aliphatic hydroxyl groups is 4. The molecule has 0 amide bonds. The van der Waals surface area contributed by atoms with Gasteiger partial charge in [-0.1, -0.05) is 0 Å². The van der Waals surface area contributed by atoms with Crippen LogP contribution in [0.4, 0.5) is 0 Å².